The highest BCUT2D eigenvalue weighted by Crippen LogP contribution is 2.21. The molecule has 0 aliphatic carbocycles. The van der Waals surface area contributed by atoms with Gasteiger partial charge in [-0.05, 0) is 35.6 Å². The minimum atomic E-state index is -0.580. The number of hydrogen-bond acceptors (Lipinski definition) is 4. The summed E-state index contributed by atoms with van der Waals surface area (Å²) in [6, 6.07) is 10.7. The van der Waals surface area contributed by atoms with Crippen LogP contribution in [0.15, 0.2) is 42.6 Å². The topological polar surface area (TPSA) is 106 Å². The molecule has 1 heterocycles. The summed E-state index contributed by atoms with van der Waals surface area (Å²) >= 11 is 0. The number of hydrogen-bond donors (Lipinski definition) is 3. The zero-order valence-corrected chi connectivity index (χ0v) is 15.9. The lowest BCUT2D eigenvalue weighted by molar-refractivity contribution is 0.0995. The Morgan fingerprint density at radius 2 is 1.93 bits per heavy atom. The van der Waals surface area contributed by atoms with Gasteiger partial charge in [-0.2, -0.15) is 0 Å². The molecule has 0 bridgehead atoms. The molecule has 144 valence electrons. The summed E-state index contributed by atoms with van der Waals surface area (Å²) in [4.78, 5) is 27.3. The number of para-hydroxylation sites is 1. The van der Waals surface area contributed by atoms with Gasteiger partial charge in [0.15, 0.2) is 0 Å². The van der Waals surface area contributed by atoms with Gasteiger partial charge in [-0.3, -0.25) is 9.78 Å². The van der Waals surface area contributed by atoms with E-state index in [1.807, 2.05) is 24.3 Å². The fraction of sp³-hybridized carbons (Fsp3) is 0.350. The first kappa shape index (κ1) is 20.2. The summed E-state index contributed by atoms with van der Waals surface area (Å²) < 4.78 is 5.39. The SMILES string of the molecule is COc1ccccc1CC(NC(=O)NCc1ccc(C(N)=O)nc1)C(C)C. The maximum Gasteiger partial charge on any atom is 0.315 e. The monoisotopic (exact) mass is 370 g/mol. The lowest BCUT2D eigenvalue weighted by Gasteiger charge is -2.23. The molecule has 2 aromatic rings. The van der Waals surface area contributed by atoms with Crippen molar-refractivity contribution in [2.45, 2.75) is 32.9 Å². The minimum Gasteiger partial charge on any atom is -0.496 e. The van der Waals surface area contributed by atoms with Crippen LogP contribution in [-0.2, 0) is 13.0 Å². The molecule has 4 N–H and O–H groups in total. The molecular weight excluding hydrogens is 344 g/mol. The van der Waals surface area contributed by atoms with Crippen LogP contribution in [0.1, 0.15) is 35.5 Å². The average Bonchev–Trinajstić information content (AvgIpc) is 2.66. The first-order valence-corrected chi connectivity index (χ1v) is 8.81. The van der Waals surface area contributed by atoms with Crippen molar-refractivity contribution in [3.8, 4) is 5.75 Å². The van der Waals surface area contributed by atoms with Crippen molar-refractivity contribution in [3.05, 3.63) is 59.4 Å². The van der Waals surface area contributed by atoms with E-state index in [9.17, 15) is 9.59 Å². The van der Waals surface area contributed by atoms with Crippen LogP contribution in [0.25, 0.3) is 0 Å². The number of urea groups is 1. The lowest BCUT2D eigenvalue weighted by atomic mass is 9.96. The molecule has 1 aromatic carbocycles. The molecule has 0 saturated heterocycles. The second-order valence-electron chi connectivity index (χ2n) is 6.61. The molecule has 0 fully saturated rings. The fourth-order valence-corrected chi connectivity index (χ4v) is 2.64. The van der Waals surface area contributed by atoms with Crippen molar-refractivity contribution in [1.29, 1.82) is 0 Å². The van der Waals surface area contributed by atoms with Crippen molar-refractivity contribution in [2.75, 3.05) is 7.11 Å². The average molecular weight is 370 g/mol. The van der Waals surface area contributed by atoms with Crippen molar-refractivity contribution < 1.29 is 14.3 Å². The van der Waals surface area contributed by atoms with E-state index >= 15 is 0 Å². The summed E-state index contributed by atoms with van der Waals surface area (Å²) in [5.74, 6) is 0.478. The van der Waals surface area contributed by atoms with E-state index in [0.717, 1.165) is 16.9 Å². The van der Waals surface area contributed by atoms with Crippen LogP contribution in [-0.4, -0.2) is 30.1 Å². The highest BCUT2D eigenvalue weighted by molar-refractivity contribution is 5.90. The Morgan fingerprint density at radius 1 is 1.19 bits per heavy atom. The van der Waals surface area contributed by atoms with Gasteiger partial charge in [-0.15, -0.1) is 0 Å². The Labute approximate surface area is 159 Å². The Morgan fingerprint density at radius 3 is 2.52 bits per heavy atom. The molecule has 1 atom stereocenters. The molecule has 3 amide bonds. The molecule has 0 spiro atoms. The van der Waals surface area contributed by atoms with Gasteiger partial charge >= 0.3 is 6.03 Å². The predicted octanol–water partition coefficient (Wildman–Crippen LogP) is 2.26. The number of primary amides is 1. The summed E-state index contributed by atoms with van der Waals surface area (Å²) in [5.41, 5.74) is 7.18. The maximum atomic E-state index is 12.3. The van der Waals surface area contributed by atoms with E-state index in [4.69, 9.17) is 10.5 Å². The summed E-state index contributed by atoms with van der Waals surface area (Å²) in [5, 5.41) is 5.83. The summed E-state index contributed by atoms with van der Waals surface area (Å²) in [6.07, 6.45) is 2.19. The van der Waals surface area contributed by atoms with E-state index < -0.39 is 5.91 Å². The largest absolute Gasteiger partial charge is 0.496 e. The van der Waals surface area contributed by atoms with E-state index in [1.165, 1.54) is 12.3 Å². The number of nitrogens with zero attached hydrogens (tertiary/aromatic N) is 1. The molecule has 1 aromatic heterocycles. The molecule has 0 radical (unpaired) electrons. The number of rotatable bonds is 8. The van der Waals surface area contributed by atoms with E-state index in [1.54, 1.807) is 13.2 Å². The molecular formula is C20H26N4O3. The molecule has 0 aliphatic heterocycles. The number of pyridine rings is 1. The van der Waals surface area contributed by atoms with Crippen LogP contribution in [0.5, 0.6) is 5.75 Å². The van der Waals surface area contributed by atoms with Gasteiger partial charge in [0, 0.05) is 18.8 Å². The molecule has 7 nitrogen and oxygen atoms in total. The van der Waals surface area contributed by atoms with Gasteiger partial charge in [-0.1, -0.05) is 38.1 Å². The van der Waals surface area contributed by atoms with Crippen LogP contribution in [0.2, 0.25) is 0 Å². The molecule has 2 rings (SSSR count). The number of nitrogens with two attached hydrogens (primary N) is 1. The molecule has 27 heavy (non-hydrogen) atoms. The second kappa shape index (κ2) is 9.56. The van der Waals surface area contributed by atoms with Gasteiger partial charge < -0.3 is 21.1 Å². The summed E-state index contributed by atoms with van der Waals surface area (Å²) in [6.45, 7) is 4.43. The fourth-order valence-electron chi connectivity index (χ4n) is 2.64. The number of nitrogens with one attached hydrogen (secondary N) is 2. The number of carbonyl (C=O) groups excluding carboxylic acids is 2. The molecule has 0 saturated carbocycles. The number of aromatic nitrogens is 1. The van der Waals surface area contributed by atoms with Gasteiger partial charge in [-0.25, -0.2) is 4.79 Å². The molecule has 7 heteroatoms. The Hall–Kier alpha value is -3.09. The van der Waals surface area contributed by atoms with Crippen LogP contribution in [0.4, 0.5) is 4.79 Å². The highest BCUT2D eigenvalue weighted by Gasteiger charge is 2.18. The third-order valence-corrected chi connectivity index (χ3v) is 4.28. The van der Waals surface area contributed by atoms with Crippen molar-refractivity contribution in [2.24, 2.45) is 11.7 Å². The quantitative estimate of drug-likeness (QED) is 0.662. The van der Waals surface area contributed by atoms with Crippen LogP contribution in [0.3, 0.4) is 0 Å². The Balaban J connectivity index is 1.93. The smallest absolute Gasteiger partial charge is 0.315 e. The standard InChI is InChI=1S/C20H26N4O3/c1-13(2)17(10-15-6-4-5-7-18(15)27-3)24-20(26)23-12-14-8-9-16(19(21)25)22-11-14/h4-9,11,13,17H,10,12H2,1-3H3,(H2,21,25)(H2,23,24,26). The highest BCUT2D eigenvalue weighted by atomic mass is 16.5. The molecule has 1 unspecified atom stereocenters. The zero-order valence-electron chi connectivity index (χ0n) is 15.9. The third kappa shape index (κ3) is 5.99. The van der Waals surface area contributed by atoms with Crippen LogP contribution >= 0.6 is 0 Å². The van der Waals surface area contributed by atoms with Crippen LogP contribution < -0.4 is 21.1 Å². The number of carbonyl (C=O) groups is 2. The Kier molecular flexibility index (Phi) is 7.16. The number of methoxy groups -OCH3 is 1. The van der Waals surface area contributed by atoms with Crippen molar-refractivity contribution in [1.82, 2.24) is 15.6 Å². The minimum absolute atomic E-state index is 0.0448. The first-order chi connectivity index (χ1) is 12.9. The van der Waals surface area contributed by atoms with Crippen molar-refractivity contribution >= 4 is 11.9 Å². The van der Waals surface area contributed by atoms with E-state index in [2.05, 4.69) is 29.5 Å². The third-order valence-electron chi connectivity index (χ3n) is 4.28. The van der Waals surface area contributed by atoms with Gasteiger partial charge in [0.25, 0.3) is 5.91 Å². The number of amides is 3. The lowest BCUT2D eigenvalue weighted by Crippen LogP contribution is -2.45. The number of ether oxygens (including phenoxy) is 1. The normalized spacial score (nSPS) is 11.7. The van der Waals surface area contributed by atoms with Gasteiger partial charge in [0.2, 0.25) is 0 Å². The Bertz CT molecular complexity index is 775. The zero-order chi connectivity index (χ0) is 19.8. The maximum absolute atomic E-state index is 12.3. The number of benzene rings is 1. The van der Waals surface area contributed by atoms with Gasteiger partial charge in [0.05, 0.1) is 7.11 Å². The first-order valence-electron chi connectivity index (χ1n) is 8.81. The van der Waals surface area contributed by atoms with Crippen LogP contribution in [0, 0.1) is 5.92 Å². The second-order valence-corrected chi connectivity index (χ2v) is 6.61. The van der Waals surface area contributed by atoms with E-state index in [-0.39, 0.29) is 23.7 Å². The summed E-state index contributed by atoms with van der Waals surface area (Å²) in [7, 11) is 1.64. The van der Waals surface area contributed by atoms with Crippen molar-refractivity contribution in [3.63, 3.8) is 0 Å². The van der Waals surface area contributed by atoms with Gasteiger partial charge in [0.1, 0.15) is 11.4 Å². The molecule has 0 aliphatic rings. The predicted molar refractivity (Wildman–Crippen MR) is 103 cm³/mol. The van der Waals surface area contributed by atoms with E-state index in [0.29, 0.717) is 13.0 Å².